The summed E-state index contributed by atoms with van der Waals surface area (Å²) in [5, 5.41) is 12.1. The number of aryl methyl sites for hydroxylation is 2. The lowest BCUT2D eigenvalue weighted by Gasteiger charge is -2.36. The molecular formula is C42H46N10O5. The number of imide groups is 2. The molecule has 4 aliphatic heterocycles. The molecule has 57 heavy (non-hydrogen) atoms. The van der Waals surface area contributed by atoms with Crippen molar-refractivity contribution in [1.82, 2.24) is 39.8 Å². The fraction of sp³-hybridized carbons (Fsp3) is 0.405. The molecule has 7 heterocycles. The standard InChI is InChI=1S/C42H46N10O5/c1-25-29-9-7-26(39(54)45-37-23-32-27(24-43-37)20-33(44-32)34-6-5-13-48(34)2)21-36(29)51(47-25)15-4-3-14-49-16-18-50(19-17-49)28-8-10-30-31(22-28)42(57)52(41(30)56)35-11-12-38(53)46-40(35)55/h7-10,20-24,34-35,44H,3-6,11-19H2,1-2H3,(H,43,45,54)(H,46,53,55)/t34-,35?/m1/s1. The Hall–Kier alpha value is -5.93. The van der Waals surface area contributed by atoms with Crippen molar-refractivity contribution in [2.45, 2.75) is 64.1 Å². The van der Waals surface area contributed by atoms with Gasteiger partial charge >= 0.3 is 0 Å². The van der Waals surface area contributed by atoms with E-state index in [1.54, 1.807) is 12.1 Å². The van der Waals surface area contributed by atoms with Gasteiger partial charge in [-0.15, -0.1) is 0 Å². The second kappa shape index (κ2) is 14.9. The molecular weight excluding hydrogens is 725 g/mol. The number of carbonyl (C=O) groups is 5. The summed E-state index contributed by atoms with van der Waals surface area (Å²) in [6.45, 7) is 8.03. The first-order valence-electron chi connectivity index (χ1n) is 19.9. The van der Waals surface area contributed by atoms with Crippen LogP contribution in [0.15, 0.2) is 54.7 Å². The minimum Gasteiger partial charge on any atom is -0.369 e. The molecule has 0 saturated carbocycles. The molecule has 15 heteroatoms. The zero-order valence-corrected chi connectivity index (χ0v) is 32.2. The van der Waals surface area contributed by atoms with Gasteiger partial charge in [-0.1, -0.05) is 6.07 Å². The lowest BCUT2D eigenvalue weighted by molar-refractivity contribution is -0.136. The van der Waals surface area contributed by atoms with Gasteiger partial charge in [0.1, 0.15) is 11.9 Å². The van der Waals surface area contributed by atoms with Crippen LogP contribution in [0.2, 0.25) is 0 Å². The number of piperazine rings is 1. The van der Waals surface area contributed by atoms with Gasteiger partial charge in [-0.2, -0.15) is 5.10 Å². The van der Waals surface area contributed by atoms with E-state index in [2.05, 4.69) is 48.4 Å². The van der Waals surface area contributed by atoms with Crippen molar-refractivity contribution in [2.75, 3.05) is 56.5 Å². The fourth-order valence-electron chi connectivity index (χ4n) is 8.92. The Morgan fingerprint density at radius 2 is 1.68 bits per heavy atom. The molecule has 3 fully saturated rings. The maximum Gasteiger partial charge on any atom is 0.262 e. The van der Waals surface area contributed by atoms with Gasteiger partial charge in [0.2, 0.25) is 11.8 Å². The number of H-pyrrole nitrogens is 1. The van der Waals surface area contributed by atoms with Crippen LogP contribution in [0.5, 0.6) is 0 Å². The van der Waals surface area contributed by atoms with Crippen molar-refractivity contribution in [3.63, 3.8) is 0 Å². The lowest BCUT2D eigenvalue weighted by Crippen LogP contribution is -2.54. The minimum atomic E-state index is -0.977. The molecule has 9 rings (SSSR count). The number of fused-ring (bicyclic) bond motifs is 3. The number of nitrogens with one attached hydrogen (secondary N) is 3. The van der Waals surface area contributed by atoms with E-state index in [9.17, 15) is 24.0 Å². The summed E-state index contributed by atoms with van der Waals surface area (Å²) in [6, 6.07) is 14.5. The predicted octanol–water partition coefficient (Wildman–Crippen LogP) is 4.24. The van der Waals surface area contributed by atoms with E-state index < -0.39 is 29.7 Å². The topological polar surface area (TPSA) is 169 Å². The third-order valence-corrected chi connectivity index (χ3v) is 12.1. The molecule has 0 radical (unpaired) electrons. The molecule has 294 valence electrons. The van der Waals surface area contributed by atoms with Gasteiger partial charge in [-0.25, -0.2) is 4.98 Å². The highest BCUT2D eigenvalue weighted by Gasteiger charge is 2.44. The summed E-state index contributed by atoms with van der Waals surface area (Å²) in [7, 11) is 2.15. The average molecular weight is 771 g/mol. The molecule has 0 spiro atoms. The molecule has 5 aromatic rings. The average Bonchev–Trinajstić information content (AvgIpc) is 3.97. The lowest BCUT2D eigenvalue weighted by atomic mass is 10.0. The van der Waals surface area contributed by atoms with Crippen LogP contribution in [0.1, 0.15) is 87.0 Å². The van der Waals surface area contributed by atoms with Crippen molar-refractivity contribution < 1.29 is 24.0 Å². The zero-order valence-electron chi connectivity index (χ0n) is 32.2. The predicted molar refractivity (Wildman–Crippen MR) is 214 cm³/mol. The second-order valence-corrected chi connectivity index (χ2v) is 15.7. The molecule has 4 aliphatic rings. The number of aromatic amines is 1. The Morgan fingerprint density at radius 1 is 0.877 bits per heavy atom. The molecule has 1 unspecified atom stereocenters. The summed E-state index contributed by atoms with van der Waals surface area (Å²) in [4.78, 5) is 80.0. The van der Waals surface area contributed by atoms with Crippen LogP contribution in [0.3, 0.4) is 0 Å². The number of unbranched alkanes of at least 4 members (excludes halogenated alkanes) is 1. The van der Waals surface area contributed by atoms with Crippen LogP contribution in [0.25, 0.3) is 21.8 Å². The number of carbonyl (C=O) groups excluding carboxylic acids is 5. The Balaban J connectivity index is 0.774. The van der Waals surface area contributed by atoms with Gasteiger partial charge in [-0.3, -0.25) is 48.7 Å². The molecule has 5 amide bonds. The van der Waals surface area contributed by atoms with E-state index >= 15 is 0 Å². The molecule has 2 aromatic carbocycles. The smallest absolute Gasteiger partial charge is 0.262 e. The Kier molecular flexibility index (Phi) is 9.57. The number of piperidine rings is 1. The van der Waals surface area contributed by atoms with Gasteiger partial charge in [-0.05, 0) is 95.6 Å². The van der Waals surface area contributed by atoms with Crippen molar-refractivity contribution in [2.24, 2.45) is 0 Å². The third-order valence-electron chi connectivity index (χ3n) is 12.1. The highest BCUT2D eigenvalue weighted by Crippen LogP contribution is 2.33. The van der Waals surface area contributed by atoms with Crippen LogP contribution < -0.4 is 15.5 Å². The number of pyridine rings is 1. The summed E-state index contributed by atoms with van der Waals surface area (Å²) in [5.41, 5.74) is 6.00. The SMILES string of the molecule is Cc1nn(CCCCN2CCN(c3ccc4c(c3)C(=O)N(C3CCC(=O)NC3=O)C4=O)CC2)c2cc(C(=O)Nc3cc4[nH]c([C@H]5CCCN5C)cc4cn3)ccc12. The van der Waals surface area contributed by atoms with Crippen LogP contribution in [0.4, 0.5) is 11.5 Å². The maximum atomic E-state index is 13.4. The summed E-state index contributed by atoms with van der Waals surface area (Å²) >= 11 is 0. The van der Waals surface area contributed by atoms with Gasteiger partial charge in [0.25, 0.3) is 17.7 Å². The molecule has 3 saturated heterocycles. The van der Waals surface area contributed by atoms with E-state index in [-0.39, 0.29) is 24.3 Å². The zero-order chi connectivity index (χ0) is 39.4. The first kappa shape index (κ1) is 36.7. The number of nitrogens with zero attached hydrogens (tertiary/aromatic N) is 7. The molecule has 0 aliphatic carbocycles. The Morgan fingerprint density at radius 3 is 2.47 bits per heavy atom. The van der Waals surface area contributed by atoms with Gasteiger partial charge in [0.05, 0.1) is 27.9 Å². The number of aromatic nitrogens is 4. The number of hydrogen-bond donors (Lipinski definition) is 3. The third kappa shape index (κ3) is 6.95. The highest BCUT2D eigenvalue weighted by molar-refractivity contribution is 6.23. The normalized spacial score (nSPS) is 20.6. The molecule has 3 aromatic heterocycles. The number of benzene rings is 2. The molecule has 3 N–H and O–H groups in total. The first-order chi connectivity index (χ1) is 27.6. The van der Waals surface area contributed by atoms with Crippen molar-refractivity contribution >= 4 is 62.8 Å². The highest BCUT2D eigenvalue weighted by atomic mass is 16.2. The van der Waals surface area contributed by atoms with Crippen LogP contribution >= 0.6 is 0 Å². The van der Waals surface area contributed by atoms with Crippen LogP contribution in [-0.4, -0.2) is 116 Å². The van der Waals surface area contributed by atoms with E-state index in [0.29, 0.717) is 23.0 Å². The number of amides is 5. The number of rotatable bonds is 10. The van der Waals surface area contributed by atoms with Gasteiger partial charge in [0.15, 0.2) is 0 Å². The van der Waals surface area contributed by atoms with Crippen molar-refractivity contribution in [3.05, 3.63) is 82.8 Å². The molecule has 15 nitrogen and oxygen atoms in total. The van der Waals surface area contributed by atoms with Gasteiger partial charge in [0, 0.05) is 85.2 Å². The quantitative estimate of drug-likeness (QED) is 0.138. The monoisotopic (exact) mass is 770 g/mol. The van der Waals surface area contributed by atoms with Crippen LogP contribution in [0, 0.1) is 6.92 Å². The summed E-state index contributed by atoms with van der Waals surface area (Å²) < 4.78 is 2.01. The van der Waals surface area contributed by atoms with Crippen LogP contribution in [-0.2, 0) is 16.1 Å². The molecule has 2 atom stereocenters. The second-order valence-electron chi connectivity index (χ2n) is 15.7. The Bertz CT molecular complexity index is 2450. The largest absolute Gasteiger partial charge is 0.369 e. The molecule has 0 bridgehead atoms. The summed E-state index contributed by atoms with van der Waals surface area (Å²) in [5.74, 6) is -1.71. The number of likely N-dealkylation sites (tertiary alicyclic amines) is 1. The maximum absolute atomic E-state index is 13.4. The van der Waals surface area contributed by atoms with Gasteiger partial charge < -0.3 is 15.2 Å². The minimum absolute atomic E-state index is 0.0889. The van der Waals surface area contributed by atoms with Crippen molar-refractivity contribution in [3.8, 4) is 0 Å². The number of anilines is 2. The fourth-order valence-corrected chi connectivity index (χ4v) is 8.92. The van der Waals surface area contributed by atoms with E-state index in [1.165, 1.54) is 12.1 Å². The van der Waals surface area contributed by atoms with E-state index in [4.69, 9.17) is 5.10 Å². The van der Waals surface area contributed by atoms with E-state index in [1.807, 2.05) is 48.1 Å². The van der Waals surface area contributed by atoms with Crippen molar-refractivity contribution in [1.29, 1.82) is 0 Å². The Labute approximate surface area is 329 Å². The summed E-state index contributed by atoms with van der Waals surface area (Å²) in [6.07, 6.45) is 6.26. The number of hydrogen-bond acceptors (Lipinski definition) is 10. The first-order valence-corrected chi connectivity index (χ1v) is 19.9. The van der Waals surface area contributed by atoms with E-state index in [0.717, 1.165) is 103 Å².